The predicted molar refractivity (Wildman–Crippen MR) is 112 cm³/mol. The number of aromatic nitrogens is 2. The van der Waals surface area contributed by atoms with E-state index in [1.807, 2.05) is 48.5 Å². The molecule has 2 aliphatic heterocycles. The number of anilines is 1. The lowest BCUT2D eigenvalue weighted by atomic mass is 9.81. The number of carbonyl (C=O) groups is 1. The Labute approximate surface area is 173 Å². The molecular formula is C20H33BN4O4. The Morgan fingerprint density at radius 3 is 2.38 bits per heavy atom. The molecule has 0 bridgehead atoms. The Kier molecular flexibility index (Phi) is 5.84. The van der Waals surface area contributed by atoms with E-state index in [0.717, 1.165) is 24.8 Å². The number of carbonyl (C=O) groups excluding carboxylic acids is 1. The normalized spacial score (nSPS) is 23.3. The van der Waals surface area contributed by atoms with Crippen molar-refractivity contribution < 1.29 is 18.8 Å². The van der Waals surface area contributed by atoms with Gasteiger partial charge in [-0.1, -0.05) is 0 Å². The fraction of sp³-hybridized carbons (Fsp3) is 0.750. The van der Waals surface area contributed by atoms with Crippen molar-refractivity contribution in [3.63, 3.8) is 0 Å². The lowest BCUT2D eigenvalue weighted by Gasteiger charge is -2.32. The van der Waals surface area contributed by atoms with Crippen LogP contribution in [0.3, 0.4) is 0 Å². The first-order chi connectivity index (χ1) is 13.4. The van der Waals surface area contributed by atoms with Gasteiger partial charge in [0.1, 0.15) is 5.60 Å². The Bertz CT molecular complexity index is 717. The van der Waals surface area contributed by atoms with Crippen LogP contribution in [0.25, 0.3) is 0 Å². The summed E-state index contributed by atoms with van der Waals surface area (Å²) in [5.74, 6) is 0.652. The van der Waals surface area contributed by atoms with E-state index in [-0.39, 0.29) is 6.04 Å². The van der Waals surface area contributed by atoms with Gasteiger partial charge < -0.3 is 24.3 Å². The molecule has 2 aliphatic rings. The number of hydrogen-bond acceptors (Lipinski definition) is 7. The first-order valence-corrected chi connectivity index (χ1v) is 10.3. The molecule has 29 heavy (non-hydrogen) atoms. The number of hydrogen-bond donors (Lipinski definition) is 1. The van der Waals surface area contributed by atoms with Crippen LogP contribution in [0, 0.1) is 0 Å². The zero-order valence-electron chi connectivity index (χ0n) is 18.6. The van der Waals surface area contributed by atoms with Gasteiger partial charge in [-0.2, -0.15) is 0 Å². The van der Waals surface area contributed by atoms with Crippen molar-refractivity contribution in [2.45, 2.75) is 84.2 Å². The molecule has 1 N–H and O–H groups in total. The maximum Gasteiger partial charge on any atom is 0.498 e. The zero-order chi connectivity index (χ0) is 21.4. The van der Waals surface area contributed by atoms with E-state index in [1.165, 1.54) is 0 Å². The largest absolute Gasteiger partial charge is 0.498 e. The molecule has 1 atom stereocenters. The third kappa shape index (κ3) is 5.01. The minimum Gasteiger partial charge on any atom is -0.444 e. The summed E-state index contributed by atoms with van der Waals surface area (Å²) in [7, 11) is -0.475. The summed E-state index contributed by atoms with van der Waals surface area (Å²) in [5.41, 5.74) is -0.505. The number of rotatable bonds is 4. The Morgan fingerprint density at radius 1 is 1.24 bits per heavy atom. The van der Waals surface area contributed by atoms with E-state index < -0.39 is 30.0 Å². The van der Waals surface area contributed by atoms with Crippen molar-refractivity contribution in [2.24, 2.45) is 0 Å². The quantitative estimate of drug-likeness (QED) is 0.771. The number of amides is 1. The van der Waals surface area contributed by atoms with Crippen molar-refractivity contribution in [2.75, 3.05) is 18.0 Å². The molecule has 0 spiro atoms. The van der Waals surface area contributed by atoms with Crippen LogP contribution >= 0.6 is 0 Å². The molecule has 9 heteroatoms. The van der Waals surface area contributed by atoms with Gasteiger partial charge in [0, 0.05) is 37.0 Å². The highest BCUT2D eigenvalue weighted by Crippen LogP contribution is 2.36. The second-order valence-corrected chi connectivity index (χ2v) is 9.78. The zero-order valence-corrected chi connectivity index (χ0v) is 18.6. The molecule has 2 fully saturated rings. The monoisotopic (exact) mass is 404 g/mol. The van der Waals surface area contributed by atoms with E-state index in [1.54, 1.807) is 12.4 Å². The molecule has 1 aromatic heterocycles. The molecule has 0 aliphatic carbocycles. The molecule has 0 saturated carbocycles. The molecule has 0 aromatic carbocycles. The van der Waals surface area contributed by atoms with Crippen LogP contribution in [-0.2, 0) is 14.0 Å². The Balaban J connectivity index is 1.61. The maximum absolute atomic E-state index is 11.9. The van der Waals surface area contributed by atoms with Crippen LogP contribution in [0.5, 0.6) is 0 Å². The highest BCUT2D eigenvalue weighted by Gasteiger charge is 2.52. The van der Waals surface area contributed by atoms with Crippen molar-refractivity contribution in [3.05, 3.63) is 12.4 Å². The minimum absolute atomic E-state index is 0.144. The first kappa shape index (κ1) is 21.8. The standard InChI is InChI=1S/C20H33BN4O4/c1-18(2,3)27-17(26)24-13-15-9-8-10-25(15)16-22-11-14(12-23-16)21-28-19(4,5)20(6,7)29-21/h11-12,15H,8-10,13H2,1-7H3,(H,24,26)/t15-/m0/s1. The molecule has 1 amide bonds. The van der Waals surface area contributed by atoms with Gasteiger partial charge in [0.05, 0.1) is 11.2 Å². The van der Waals surface area contributed by atoms with Gasteiger partial charge in [0.25, 0.3) is 0 Å². The smallest absolute Gasteiger partial charge is 0.444 e. The molecule has 8 nitrogen and oxygen atoms in total. The van der Waals surface area contributed by atoms with Gasteiger partial charge in [-0.25, -0.2) is 14.8 Å². The fourth-order valence-corrected chi connectivity index (χ4v) is 3.41. The first-order valence-electron chi connectivity index (χ1n) is 10.3. The van der Waals surface area contributed by atoms with Crippen molar-refractivity contribution >= 4 is 24.6 Å². The van der Waals surface area contributed by atoms with Crippen LogP contribution in [0.15, 0.2) is 12.4 Å². The van der Waals surface area contributed by atoms with Crippen LogP contribution < -0.4 is 15.7 Å². The molecular weight excluding hydrogens is 371 g/mol. The summed E-state index contributed by atoms with van der Waals surface area (Å²) in [6.45, 7) is 15.0. The van der Waals surface area contributed by atoms with Gasteiger partial charge in [-0.05, 0) is 61.3 Å². The van der Waals surface area contributed by atoms with Crippen LogP contribution in [0.1, 0.15) is 61.3 Å². The average molecular weight is 404 g/mol. The molecule has 3 rings (SSSR count). The minimum atomic E-state index is -0.508. The fourth-order valence-electron chi connectivity index (χ4n) is 3.41. The Hall–Kier alpha value is -1.87. The van der Waals surface area contributed by atoms with Gasteiger partial charge in [-0.15, -0.1) is 0 Å². The summed E-state index contributed by atoms with van der Waals surface area (Å²) in [5, 5.41) is 2.86. The van der Waals surface area contributed by atoms with E-state index in [9.17, 15) is 4.79 Å². The van der Waals surface area contributed by atoms with E-state index in [4.69, 9.17) is 14.0 Å². The molecule has 0 unspecified atom stereocenters. The highest BCUT2D eigenvalue weighted by atomic mass is 16.7. The number of ether oxygens (including phenoxy) is 1. The average Bonchev–Trinajstić information content (AvgIpc) is 3.14. The molecule has 0 radical (unpaired) electrons. The van der Waals surface area contributed by atoms with Crippen LogP contribution in [-0.4, -0.2) is 59.1 Å². The maximum atomic E-state index is 11.9. The lowest BCUT2D eigenvalue weighted by Crippen LogP contribution is -2.43. The highest BCUT2D eigenvalue weighted by molar-refractivity contribution is 6.61. The van der Waals surface area contributed by atoms with E-state index in [2.05, 4.69) is 20.2 Å². The lowest BCUT2D eigenvalue weighted by molar-refractivity contribution is 0.00578. The second-order valence-electron chi connectivity index (χ2n) is 9.78. The van der Waals surface area contributed by atoms with Gasteiger partial charge >= 0.3 is 13.2 Å². The molecule has 3 heterocycles. The summed E-state index contributed by atoms with van der Waals surface area (Å²) in [6.07, 6.45) is 5.13. The van der Waals surface area contributed by atoms with Crippen molar-refractivity contribution in [1.82, 2.24) is 15.3 Å². The summed E-state index contributed by atoms with van der Waals surface area (Å²) in [6, 6.07) is 0.144. The number of nitrogens with zero attached hydrogens (tertiary/aromatic N) is 3. The Morgan fingerprint density at radius 2 is 1.83 bits per heavy atom. The van der Waals surface area contributed by atoms with Gasteiger partial charge in [0.2, 0.25) is 5.95 Å². The van der Waals surface area contributed by atoms with Gasteiger partial charge in [-0.3, -0.25) is 0 Å². The van der Waals surface area contributed by atoms with E-state index >= 15 is 0 Å². The topological polar surface area (TPSA) is 85.8 Å². The molecule has 160 valence electrons. The molecule has 2 saturated heterocycles. The van der Waals surface area contributed by atoms with E-state index in [0.29, 0.717) is 12.5 Å². The van der Waals surface area contributed by atoms with Gasteiger partial charge in [0.15, 0.2) is 0 Å². The molecule has 1 aromatic rings. The van der Waals surface area contributed by atoms with Crippen LogP contribution in [0.2, 0.25) is 0 Å². The second kappa shape index (κ2) is 7.76. The third-order valence-corrected chi connectivity index (χ3v) is 5.70. The van der Waals surface area contributed by atoms with Crippen molar-refractivity contribution in [3.8, 4) is 0 Å². The SMILES string of the molecule is CC(C)(C)OC(=O)NC[C@@H]1CCCN1c1ncc(B2OC(C)(C)C(C)(C)O2)cn1. The number of alkyl carbamates (subject to hydrolysis) is 1. The third-order valence-electron chi connectivity index (χ3n) is 5.70. The summed E-state index contributed by atoms with van der Waals surface area (Å²) < 4.78 is 17.4. The summed E-state index contributed by atoms with van der Waals surface area (Å²) >= 11 is 0. The summed E-state index contributed by atoms with van der Waals surface area (Å²) in [4.78, 5) is 23.2. The number of nitrogens with one attached hydrogen (secondary N) is 1. The van der Waals surface area contributed by atoms with Crippen LogP contribution in [0.4, 0.5) is 10.7 Å². The predicted octanol–water partition coefficient (Wildman–Crippen LogP) is 2.27. The van der Waals surface area contributed by atoms with Crippen molar-refractivity contribution in [1.29, 1.82) is 0 Å².